The van der Waals surface area contributed by atoms with Gasteiger partial charge in [-0.15, -0.1) is 0 Å². The number of nitrogens with zero attached hydrogens (tertiary/aromatic N) is 2. The zero-order chi connectivity index (χ0) is 12.7. The number of rotatable bonds is 1. The molecule has 1 aromatic carbocycles. The summed E-state index contributed by atoms with van der Waals surface area (Å²) in [6, 6.07) is 6.28. The topological polar surface area (TPSA) is 39.0 Å². The highest BCUT2D eigenvalue weighted by molar-refractivity contribution is 5.80. The Morgan fingerprint density at radius 2 is 1.89 bits per heavy atom. The van der Waals surface area contributed by atoms with Gasteiger partial charge in [0.2, 0.25) is 0 Å². The summed E-state index contributed by atoms with van der Waals surface area (Å²) in [5.74, 6) is 0.572. The number of aryl methyl sites for hydroxylation is 2. The molecule has 2 aromatic rings. The molecular formula is C14H19N3O. The first kappa shape index (κ1) is 11.5. The molecule has 2 heterocycles. The van der Waals surface area contributed by atoms with Crippen molar-refractivity contribution in [2.24, 2.45) is 14.1 Å². The number of benzene rings is 1. The minimum absolute atomic E-state index is 0.0615. The fourth-order valence-corrected chi connectivity index (χ4v) is 3.07. The lowest BCUT2D eigenvalue weighted by Crippen LogP contribution is -2.27. The molecule has 1 aliphatic rings. The van der Waals surface area contributed by atoms with Crippen molar-refractivity contribution in [1.82, 2.24) is 14.5 Å². The van der Waals surface area contributed by atoms with E-state index in [2.05, 4.69) is 17.4 Å². The molecule has 0 aliphatic carbocycles. The van der Waals surface area contributed by atoms with E-state index in [4.69, 9.17) is 0 Å². The van der Waals surface area contributed by atoms with Gasteiger partial charge in [-0.25, -0.2) is 4.79 Å². The molecule has 0 amide bonds. The third-order valence-electron chi connectivity index (χ3n) is 4.10. The van der Waals surface area contributed by atoms with Crippen molar-refractivity contribution >= 4 is 11.0 Å². The second-order valence-electron chi connectivity index (χ2n) is 5.14. The SMILES string of the molecule is Cn1c(=O)n(C)c2c(C3CCNCC3)cccc21. The number of hydrogen-bond donors (Lipinski definition) is 1. The first-order chi connectivity index (χ1) is 8.70. The Morgan fingerprint density at radius 1 is 1.17 bits per heavy atom. The van der Waals surface area contributed by atoms with Crippen molar-refractivity contribution in [3.05, 3.63) is 34.2 Å². The van der Waals surface area contributed by atoms with E-state index in [0.29, 0.717) is 5.92 Å². The number of para-hydroxylation sites is 1. The van der Waals surface area contributed by atoms with Crippen LogP contribution in [0.15, 0.2) is 23.0 Å². The van der Waals surface area contributed by atoms with E-state index in [1.807, 2.05) is 20.2 Å². The zero-order valence-electron chi connectivity index (χ0n) is 10.9. The molecule has 0 bridgehead atoms. The number of nitrogens with one attached hydrogen (secondary N) is 1. The Kier molecular flexibility index (Phi) is 2.74. The summed E-state index contributed by atoms with van der Waals surface area (Å²) in [6.45, 7) is 2.14. The molecule has 0 radical (unpaired) electrons. The third kappa shape index (κ3) is 1.60. The molecule has 0 saturated carbocycles. The second kappa shape index (κ2) is 4.28. The first-order valence-corrected chi connectivity index (χ1v) is 6.55. The van der Waals surface area contributed by atoms with Gasteiger partial charge < -0.3 is 5.32 Å². The van der Waals surface area contributed by atoms with Crippen LogP contribution in [0.4, 0.5) is 0 Å². The van der Waals surface area contributed by atoms with Gasteiger partial charge in [0.25, 0.3) is 0 Å². The maximum atomic E-state index is 12.0. The lowest BCUT2D eigenvalue weighted by molar-refractivity contribution is 0.461. The van der Waals surface area contributed by atoms with Crippen LogP contribution in [-0.2, 0) is 14.1 Å². The average Bonchev–Trinajstić information content (AvgIpc) is 2.65. The monoisotopic (exact) mass is 245 g/mol. The number of piperidine rings is 1. The standard InChI is InChI=1S/C14H19N3O/c1-16-12-5-3-4-11(10-6-8-15-9-7-10)13(12)17(2)14(16)18/h3-5,10,15H,6-9H2,1-2H3. The third-order valence-corrected chi connectivity index (χ3v) is 4.10. The van der Waals surface area contributed by atoms with Crippen molar-refractivity contribution in [3.8, 4) is 0 Å². The quantitative estimate of drug-likeness (QED) is 0.823. The minimum atomic E-state index is 0.0615. The van der Waals surface area contributed by atoms with Gasteiger partial charge in [-0.2, -0.15) is 0 Å². The molecule has 1 aromatic heterocycles. The van der Waals surface area contributed by atoms with Crippen LogP contribution in [0.25, 0.3) is 11.0 Å². The molecule has 0 spiro atoms. The van der Waals surface area contributed by atoms with Gasteiger partial charge in [-0.1, -0.05) is 12.1 Å². The summed E-state index contributed by atoms with van der Waals surface area (Å²) in [4.78, 5) is 12.0. The normalized spacial score (nSPS) is 17.4. The molecule has 1 saturated heterocycles. The summed E-state index contributed by atoms with van der Waals surface area (Å²) in [7, 11) is 3.71. The Bertz CT molecular complexity index is 632. The molecular weight excluding hydrogens is 226 g/mol. The van der Waals surface area contributed by atoms with E-state index in [0.717, 1.165) is 37.0 Å². The van der Waals surface area contributed by atoms with E-state index in [9.17, 15) is 4.79 Å². The summed E-state index contributed by atoms with van der Waals surface area (Å²) in [5, 5.41) is 3.39. The van der Waals surface area contributed by atoms with Gasteiger partial charge in [-0.05, 0) is 43.5 Å². The molecule has 4 heteroatoms. The Balaban J connectivity index is 2.23. The van der Waals surface area contributed by atoms with Crippen LogP contribution in [0.2, 0.25) is 0 Å². The molecule has 1 aliphatic heterocycles. The maximum Gasteiger partial charge on any atom is 0.328 e. The van der Waals surface area contributed by atoms with E-state index in [-0.39, 0.29) is 5.69 Å². The van der Waals surface area contributed by atoms with E-state index < -0.39 is 0 Å². The van der Waals surface area contributed by atoms with Crippen LogP contribution < -0.4 is 11.0 Å². The molecule has 1 fully saturated rings. The second-order valence-corrected chi connectivity index (χ2v) is 5.14. The number of hydrogen-bond acceptors (Lipinski definition) is 2. The summed E-state index contributed by atoms with van der Waals surface area (Å²) in [5.41, 5.74) is 3.54. The van der Waals surface area contributed by atoms with Crippen LogP contribution in [-0.4, -0.2) is 22.2 Å². The lowest BCUT2D eigenvalue weighted by atomic mass is 9.89. The van der Waals surface area contributed by atoms with Gasteiger partial charge in [0, 0.05) is 14.1 Å². The fourth-order valence-electron chi connectivity index (χ4n) is 3.07. The van der Waals surface area contributed by atoms with Crippen LogP contribution in [0.5, 0.6) is 0 Å². The van der Waals surface area contributed by atoms with Crippen LogP contribution in [0.3, 0.4) is 0 Å². The molecule has 0 atom stereocenters. The molecule has 1 N–H and O–H groups in total. The average molecular weight is 245 g/mol. The van der Waals surface area contributed by atoms with Crippen LogP contribution in [0, 0.1) is 0 Å². The maximum absolute atomic E-state index is 12.0. The zero-order valence-corrected chi connectivity index (χ0v) is 10.9. The predicted octanol–water partition coefficient (Wildman–Crippen LogP) is 1.34. The van der Waals surface area contributed by atoms with Crippen LogP contribution in [0.1, 0.15) is 24.3 Å². The van der Waals surface area contributed by atoms with E-state index >= 15 is 0 Å². The van der Waals surface area contributed by atoms with Crippen molar-refractivity contribution in [2.45, 2.75) is 18.8 Å². The van der Waals surface area contributed by atoms with E-state index in [1.165, 1.54) is 5.56 Å². The number of aromatic nitrogens is 2. The lowest BCUT2D eigenvalue weighted by Gasteiger charge is -2.23. The molecule has 96 valence electrons. The first-order valence-electron chi connectivity index (χ1n) is 6.55. The van der Waals surface area contributed by atoms with Gasteiger partial charge in [0.15, 0.2) is 0 Å². The highest BCUT2D eigenvalue weighted by Gasteiger charge is 2.20. The summed E-state index contributed by atoms with van der Waals surface area (Å²) >= 11 is 0. The molecule has 0 unspecified atom stereocenters. The fraction of sp³-hybridized carbons (Fsp3) is 0.500. The van der Waals surface area contributed by atoms with Gasteiger partial charge >= 0.3 is 5.69 Å². The predicted molar refractivity (Wildman–Crippen MR) is 73.0 cm³/mol. The van der Waals surface area contributed by atoms with Gasteiger partial charge in [0.05, 0.1) is 11.0 Å². The van der Waals surface area contributed by atoms with Gasteiger partial charge in [-0.3, -0.25) is 9.13 Å². The number of imidazole rings is 1. The highest BCUT2D eigenvalue weighted by atomic mass is 16.1. The van der Waals surface area contributed by atoms with Gasteiger partial charge in [0.1, 0.15) is 0 Å². The molecule has 3 rings (SSSR count). The largest absolute Gasteiger partial charge is 0.328 e. The van der Waals surface area contributed by atoms with Crippen molar-refractivity contribution in [2.75, 3.05) is 13.1 Å². The Morgan fingerprint density at radius 3 is 2.61 bits per heavy atom. The highest BCUT2D eigenvalue weighted by Crippen LogP contribution is 2.30. The van der Waals surface area contributed by atoms with E-state index in [1.54, 1.807) is 9.13 Å². The molecule has 4 nitrogen and oxygen atoms in total. The molecule has 18 heavy (non-hydrogen) atoms. The summed E-state index contributed by atoms with van der Waals surface area (Å²) in [6.07, 6.45) is 2.31. The van der Waals surface area contributed by atoms with Crippen molar-refractivity contribution in [1.29, 1.82) is 0 Å². The Hall–Kier alpha value is -1.55. The van der Waals surface area contributed by atoms with Crippen LogP contribution >= 0.6 is 0 Å². The smallest absolute Gasteiger partial charge is 0.317 e. The minimum Gasteiger partial charge on any atom is -0.317 e. The summed E-state index contributed by atoms with van der Waals surface area (Å²) < 4.78 is 3.52. The van der Waals surface area contributed by atoms with Crippen molar-refractivity contribution in [3.63, 3.8) is 0 Å². The van der Waals surface area contributed by atoms with Crippen molar-refractivity contribution < 1.29 is 0 Å². The number of fused-ring (bicyclic) bond motifs is 1. The Labute approximate surface area is 106 Å².